The zero-order valence-electron chi connectivity index (χ0n) is 14.6. The number of rotatable bonds is 5. The number of aromatic nitrogens is 3. The van der Waals surface area contributed by atoms with Crippen LogP contribution in [0, 0.1) is 0 Å². The number of aryl methyl sites for hydroxylation is 1. The van der Waals surface area contributed by atoms with Crippen LogP contribution in [0.25, 0.3) is 0 Å². The van der Waals surface area contributed by atoms with E-state index >= 15 is 0 Å². The van der Waals surface area contributed by atoms with Crippen LogP contribution in [0.15, 0.2) is 36.9 Å². The van der Waals surface area contributed by atoms with Crippen molar-refractivity contribution >= 4 is 5.82 Å². The van der Waals surface area contributed by atoms with Crippen LogP contribution >= 0.6 is 0 Å². The molecule has 0 aliphatic carbocycles. The van der Waals surface area contributed by atoms with E-state index in [9.17, 15) is 13.2 Å². The molecule has 2 rings (SSSR count). The summed E-state index contributed by atoms with van der Waals surface area (Å²) in [4.78, 5) is 12.0. The van der Waals surface area contributed by atoms with Gasteiger partial charge >= 0.3 is 6.18 Å². The molecule has 0 saturated heterocycles. The van der Waals surface area contributed by atoms with E-state index in [2.05, 4.69) is 20.3 Å². The van der Waals surface area contributed by atoms with Crippen LogP contribution in [-0.4, -0.2) is 26.7 Å². The predicted molar refractivity (Wildman–Crippen MR) is 91.9 cm³/mol. The van der Waals surface area contributed by atoms with Gasteiger partial charge in [0, 0.05) is 42.8 Å². The topological polar surface area (TPSA) is 76.7 Å². The molecule has 0 bridgehead atoms. The van der Waals surface area contributed by atoms with Crippen molar-refractivity contribution in [2.45, 2.75) is 51.9 Å². The fourth-order valence-corrected chi connectivity index (χ4v) is 1.56. The lowest BCUT2D eigenvalue weighted by Crippen LogP contribution is -2.26. The third-order valence-corrected chi connectivity index (χ3v) is 2.59. The van der Waals surface area contributed by atoms with E-state index in [1.54, 1.807) is 36.9 Å². The Morgan fingerprint density at radius 1 is 1.04 bits per heavy atom. The van der Waals surface area contributed by atoms with Gasteiger partial charge in [-0.05, 0) is 38.8 Å². The molecule has 0 saturated carbocycles. The zero-order valence-corrected chi connectivity index (χ0v) is 14.6. The maximum atomic E-state index is 12.1. The van der Waals surface area contributed by atoms with E-state index in [1.807, 2.05) is 20.8 Å². The Hall–Kier alpha value is -2.22. The second-order valence-electron chi connectivity index (χ2n) is 6.58. The summed E-state index contributed by atoms with van der Waals surface area (Å²) < 4.78 is 36.2. The Balaban J connectivity index is 0.000000550. The molecule has 25 heavy (non-hydrogen) atoms. The molecule has 0 radical (unpaired) electrons. The third kappa shape index (κ3) is 11.9. The van der Waals surface area contributed by atoms with Crippen molar-refractivity contribution < 1.29 is 13.2 Å². The molecule has 2 aromatic rings. The van der Waals surface area contributed by atoms with Crippen LogP contribution in [0.1, 0.15) is 38.4 Å². The number of nitrogens with one attached hydrogen (secondary N) is 1. The molecule has 0 spiro atoms. The minimum atomic E-state index is -4.14. The van der Waals surface area contributed by atoms with E-state index in [0.29, 0.717) is 18.1 Å². The molecule has 3 N–H and O–H groups in total. The van der Waals surface area contributed by atoms with Gasteiger partial charge in [0.2, 0.25) is 0 Å². The maximum absolute atomic E-state index is 12.1. The minimum Gasteiger partial charge on any atom is -0.365 e. The molecular formula is C17H24F3N5. The van der Waals surface area contributed by atoms with E-state index in [0.717, 1.165) is 5.56 Å². The Labute approximate surface area is 145 Å². The number of alkyl halides is 3. The molecule has 0 aliphatic rings. The third-order valence-electron chi connectivity index (χ3n) is 2.59. The summed E-state index contributed by atoms with van der Waals surface area (Å²) in [6.45, 7) is 6.39. The van der Waals surface area contributed by atoms with Gasteiger partial charge in [-0.15, -0.1) is 0 Å². The normalized spacial score (nSPS) is 11.5. The highest BCUT2D eigenvalue weighted by atomic mass is 19.4. The standard InChI is InChI=1S/C13H13F3N4.C4H11N/c14-13(15,16)4-3-11-2-1-10(7-19-11)8-20-12-9-17-5-6-18-12;1-4(2,3)5/h1-2,5-7,9H,3-4,8H2,(H,18,20);5H2,1-3H3. The Morgan fingerprint density at radius 3 is 2.20 bits per heavy atom. The number of nitrogens with two attached hydrogens (primary N) is 1. The van der Waals surface area contributed by atoms with Crippen LogP contribution in [0.3, 0.4) is 0 Å². The first-order valence-corrected chi connectivity index (χ1v) is 7.82. The Bertz CT molecular complexity index is 601. The van der Waals surface area contributed by atoms with Gasteiger partial charge in [-0.25, -0.2) is 4.98 Å². The summed E-state index contributed by atoms with van der Waals surface area (Å²) in [7, 11) is 0. The van der Waals surface area contributed by atoms with Crippen LogP contribution in [0.4, 0.5) is 19.0 Å². The molecule has 0 unspecified atom stereocenters. The van der Waals surface area contributed by atoms with Crippen molar-refractivity contribution in [1.29, 1.82) is 0 Å². The summed E-state index contributed by atoms with van der Waals surface area (Å²) in [5, 5.41) is 3.04. The smallest absolute Gasteiger partial charge is 0.365 e. The van der Waals surface area contributed by atoms with E-state index in [4.69, 9.17) is 5.73 Å². The van der Waals surface area contributed by atoms with Gasteiger partial charge in [0.25, 0.3) is 0 Å². The van der Waals surface area contributed by atoms with E-state index in [1.165, 1.54) is 0 Å². The zero-order chi connectivity index (χ0) is 18.9. The van der Waals surface area contributed by atoms with Gasteiger partial charge in [0.15, 0.2) is 0 Å². The number of nitrogens with zero attached hydrogens (tertiary/aromatic N) is 3. The number of hydrogen-bond acceptors (Lipinski definition) is 5. The number of pyridine rings is 1. The molecular weight excluding hydrogens is 331 g/mol. The molecule has 2 heterocycles. The van der Waals surface area contributed by atoms with Gasteiger partial charge in [0.1, 0.15) is 5.82 Å². The monoisotopic (exact) mass is 355 g/mol. The van der Waals surface area contributed by atoms with Gasteiger partial charge < -0.3 is 11.1 Å². The van der Waals surface area contributed by atoms with Crippen molar-refractivity contribution in [2.75, 3.05) is 5.32 Å². The quantitative estimate of drug-likeness (QED) is 0.855. The SMILES string of the molecule is CC(C)(C)N.FC(F)(F)CCc1ccc(CNc2cnccn2)cn1. The van der Waals surface area contributed by atoms with Crippen molar-refractivity contribution in [3.8, 4) is 0 Å². The molecule has 0 amide bonds. The summed E-state index contributed by atoms with van der Waals surface area (Å²) in [6, 6.07) is 3.36. The van der Waals surface area contributed by atoms with Gasteiger partial charge in [-0.2, -0.15) is 13.2 Å². The second-order valence-corrected chi connectivity index (χ2v) is 6.58. The van der Waals surface area contributed by atoms with E-state index < -0.39 is 12.6 Å². The first kappa shape index (κ1) is 20.8. The molecule has 5 nitrogen and oxygen atoms in total. The van der Waals surface area contributed by atoms with Crippen molar-refractivity contribution in [2.24, 2.45) is 5.73 Å². The summed E-state index contributed by atoms with van der Waals surface area (Å²) in [5.41, 5.74) is 6.66. The largest absolute Gasteiger partial charge is 0.389 e. The van der Waals surface area contributed by atoms with Crippen molar-refractivity contribution in [1.82, 2.24) is 15.0 Å². The lowest BCUT2D eigenvalue weighted by atomic mass is 10.1. The molecule has 138 valence electrons. The number of halogens is 3. The van der Waals surface area contributed by atoms with Crippen molar-refractivity contribution in [3.05, 3.63) is 48.2 Å². The van der Waals surface area contributed by atoms with Gasteiger partial charge in [-0.1, -0.05) is 6.07 Å². The summed E-state index contributed by atoms with van der Waals surface area (Å²) >= 11 is 0. The average molecular weight is 355 g/mol. The highest BCUT2D eigenvalue weighted by Gasteiger charge is 2.26. The van der Waals surface area contributed by atoms with Crippen LogP contribution < -0.4 is 11.1 Å². The first-order chi connectivity index (χ1) is 11.5. The van der Waals surface area contributed by atoms with Gasteiger partial charge in [-0.3, -0.25) is 9.97 Å². The maximum Gasteiger partial charge on any atom is 0.389 e. The highest BCUT2D eigenvalue weighted by Crippen LogP contribution is 2.21. The van der Waals surface area contributed by atoms with E-state index in [-0.39, 0.29) is 12.0 Å². The summed E-state index contributed by atoms with van der Waals surface area (Å²) in [6.07, 6.45) is 1.20. The lowest BCUT2D eigenvalue weighted by molar-refractivity contribution is -0.134. The second kappa shape index (κ2) is 9.31. The molecule has 0 aromatic carbocycles. The highest BCUT2D eigenvalue weighted by molar-refractivity contribution is 5.31. The predicted octanol–water partition coefficient (Wildman–Crippen LogP) is 3.72. The summed E-state index contributed by atoms with van der Waals surface area (Å²) in [5.74, 6) is 0.633. The molecule has 0 aliphatic heterocycles. The van der Waals surface area contributed by atoms with Crippen LogP contribution in [-0.2, 0) is 13.0 Å². The molecule has 2 aromatic heterocycles. The Morgan fingerprint density at radius 2 is 1.72 bits per heavy atom. The van der Waals surface area contributed by atoms with Gasteiger partial charge in [0.05, 0.1) is 6.20 Å². The number of hydrogen-bond donors (Lipinski definition) is 2. The fourth-order valence-electron chi connectivity index (χ4n) is 1.56. The lowest BCUT2D eigenvalue weighted by Gasteiger charge is -2.07. The first-order valence-electron chi connectivity index (χ1n) is 7.82. The molecule has 0 atom stereocenters. The number of anilines is 1. The molecule has 0 fully saturated rings. The fraction of sp³-hybridized carbons (Fsp3) is 0.471. The Kier molecular flexibility index (Phi) is 7.76. The molecule has 8 heteroatoms. The van der Waals surface area contributed by atoms with Crippen LogP contribution in [0.5, 0.6) is 0 Å². The van der Waals surface area contributed by atoms with Crippen LogP contribution in [0.2, 0.25) is 0 Å². The average Bonchev–Trinajstić information content (AvgIpc) is 2.51. The van der Waals surface area contributed by atoms with Crippen molar-refractivity contribution in [3.63, 3.8) is 0 Å². The minimum absolute atomic E-state index is 0.